The lowest BCUT2D eigenvalue weighted by atomic mass is 10.1. The van der Waals surface area contributed by atoms with Crippen LogP contribution in [0.4, 0.5) is 5.69 Å². The van der Waals surface area contributed by atoms with Gasteiger partial charge in [-0.25, -0.2) is 0 Å². The van der Waals surface area contributed by atoms with E-state index in [1.54, 1.807) is 22.9 Å². The average molecular weight is 468 g/mol. The van der Waals surface area contributed by atoms with Crippen LogP contribution in [-0.4, -0.2) is 72.6 Å². The molecule has 2 saturated heterocycles. The van der Waals surface area contributed by atoms with Crippen LogP contribution in [0.1, 0.15) is 11.6 Å². The van der Waals surface area contributed by atoms with Gasteiger partial charge >= 0.3 is 6.01 Å². The summed E-state index contributed by atoms with van der Waals surface area (Å²) in [5, 5.41) is 14.3. The van der Waals surface area contributed by atoms with Crippen molar-refractivity contribution in [2.45, 2.75) is 30.8 Å². The van der Waals surface area contributed by atoms with Crippen molar-refractivity contribution in [2.24, 2.45) is 0 Å². The molecule has 4 heterocycles. The van der Waals surface area contributed by atoms with Gasteiger partial charge in [0.05, 0.1) is 6.61 Å². The van der Waals surface area contributed by atoms with Gasteiger partial charge in [0.15, 0.2) is 11.5 Å². The summed E-state index contributed by atoms with van der Waals surface area (Å²) in [6.45, 7) is 2.14. The van der Waals surface area contributed by atoms with E-state index in [9.17, 15) is 0 Å². The van der Waals surface area contributed by atoms with E-state index in [1.807, 2.05) is 14.1 Å². The standard InChI is InChI=1S/C23H26N6O5/c1-28(2)15-5-3-14(4-6-15)10-24-17-11-30-22-18(12-31-21(17)22)29-23(25-26-27-29)34-16-7-8-19-20(9-16)33-13-32-19/h3-9,17-18,21-22,24H,10-13H2,1-2H3/p+1/t17-,18-,21+,22+/m0/s1. The maximum absolute atomic E-state index is 6.16. The second kappa shape index (κ2) is 8.75. The summed E-state index contributed by atoms with van der Waals surface area (Å²) in [6, 6.07) is 14.3. The number of ether oxygens (including phenoxy) is 5. The minimum atomic E-state index is -0.165. The monoisotopic (exact) mass is 467 g/mol. The first-order valence-electron chi connectivity index (χ1n) is 11.3. The Morgan fingerprint density at radius 1 is 1.03 bits per heavy atom. The fourth-order valence-corrected chi connectivity index (χ4v) is 4.64. The van der Waals surface area contributed by atoms with Crippen molar-refractivity contribution >= 4 is 5.69 Å². The van der Waals surface area contributed by atoms with Crippen LogP contribution in [0.15, 0.2) is 42.5 Å². The van der Waals surface area contributed by atoms with E-state index in [-0.39, 0.29) is 37.1 Å². The molecule has 0 radical (unpaired) electrons. The largest absolute Gasteiger partial charge is 0.454 e. The molecular formula is C23H27N6O5+. The quantitative estimate of drug-likeness (QED) is 0.538. The van der Waals surface area contributed by atoms with Gasteiger partial charge in [-0.1, -0.05) is 17.2 Å². The highest BCUT2D eigenvalue weighted by atomic mass is 16.7. The number of hydrogen-bond acceptors (Lipinski definition) is 9. The van der Waals surface area contributed by atoms with Crippen LogP contribution < -0.4 is 24.4 Å². The SMILES string of the molecule is CN(C)c1ccc(C[NH2+][C@H]2CO[C@H]3[C@@H]2OC[C@@H]3n2nnnc2Oc2ccc3c(c2)OCO3)cc1. The van der Waals surface area contributed by atoms with Crippen LogP contribution in [0, 0.1) is 0 Å². The number of tetrazole rings is 1. The lowest BCUT2D eigenvalue weighted by molar-refractivity contribution is -0.707. The molecule has 178 valence electrons. The Kier molecular flexibility index (Phi) is 5.44. The molecule has 2 fully saturated rings. The third-order valence-corrected chi connectivity index (χ3v) is 6.50. The molecule has 0 bridgehead atoms. The Morgan fingerprint density at radius 2 is 1.85 bits per heavy atom. The van der Waals surface area contributed by atoms with Crippen LogP contribution in [0.2, 0.25) is 0 Å². The zero-order valence-electron chi connectivity index (χ0n) is 19.0. The topological polar surface area (TPSA) is 110 Å². The highest BCUT2D eigenvalue weighted by Crippen LogP contribution is 2.38. The van der Waals surface area contributed by atoms with Crippen LogP contribution in [0.5, 0.6) is 23.3 Å². The maximum Gasteiger partial charge on any atom is 0.341 e. The molecular weight excluding hydrogens is 440 g/mol. The highest BCUT2D eigenvalue weighted by Gasteiger charge is 2.51. The highest BCUT2D eigenvalue weighted by molar-refractivity contribution is 5.47. The van der Waals surface area contributed by atoms with Crippen molar-refractivity contribution in [2.75, 3.05) is 39.0 Å². The first-order chi connectivity index (χ1) is 16.7. The second-order valence-electron chi connectivity index (χ2n) is 8.85. The number of benzene rings is 2. The normalized spacial score (nSPS) is 24.9. The van der Waals surface area contributed by atoms with E-state index in [2.05, 4.69) is 50.0 Å². The van der Waals surface area contributed by atoms with Gasteiger partial charge in [-0.2, -0.15) is 4.68 Å². The summed E-state index contributed by atoms with van der Waals surface area (Å²) in [4.78, 5) is 2.10. The van der Waals surface area contributed by atoms with Gasteiger partial charge in [-0.3, -0.25) is 0 Å². The van der Waals surface area contributed by atoms with Gasteiger partial charge < -0.3 is 33.9 Å². The summed E-state index contributed by atoms with van der Waals surface area (Å²) in [7, 11) is 4.09. The molecule has 4 atom stereocenters. The van der Waals surface area contributed by atoms with Gasteiger partial charge in [-0.05, 0) is 34.7 Å². The predicted octanol–water partition coefficient (Wildman–Crippen LogP) is 0.731. The first kappa shape index (κ1) is 21.1. The fraction of sp³-hybridized carbons (Fsp3) is 0.435. The Hall–Kier alpha value is -3.41. The molecule has 1 aromatic heterocycles. The van der Waals surface area contributed by atoms with Gasteiger partial charge in [0.25, 0.3) is 0 Å². The number of rotatable bonds is 7. The molecule has 0 amide bonds. The van der Waals surface area contributed by atoms with Crippen LogP contribution in [0.25, 0.3) is 0 Å². The Bertz CT molecular complexity index is 1150. The Morgan fingerprint density at radius 3 is 2.71 bits per heavy atom. The molecule has 11 heteroatoms. The van der Waals surface area contributed by atoms with Crippen LogP contribution in [-0.2, 0) is 16.0 Å². The molecule has 11 nitrogen and oxygen atoms in total. The van der Waals surface area contributed by atoms with Crippen molar-refractivity contribution in [3.05, 3.63) is 48.0 Å². The Labute approximate surface area is 196 Å². The predicted molar refractivity (Wildman–Crippen MR) is 119 cm³/mol. The summed E-state index contributed by atoms with van der Waals surface area (Å²) < 4.78 is 30.7. The van der Waals surface area contributed by atoms with Crippen LogP contribution in [0.3, 0.4) is 0 Å². The first-order valence-corrected chi connectivity index (χ1v) is 11.3. The summed E-state index contributed by atoms with van der Waals surface area (Å²) >= 11 is 0. The van der Waals surface area contributed by atoms with Gasteiger partial charge in [-0.15, -0.1) is 0 Å². The number of anilines is 1. The summed E-state index contributed by atoms with van der Waals surface area (Å²) in [5.41, 5.74) is 2.46. The van der Waals surface area contributed by atoms with Crippen molar-refractivity contribution in [1.29, 1.82) is 0 Å². The molecule has 3 aliphatic rings. The fourth-order valence-electron chi connectivity index (χ4n) is 4.64. The zero-order valence-corrected chi connectivity index (χ0v) is 19.0. The van der Waals surface area contributed by atoms with Gasteiger partial charge in [0, 0.05) is 31.4 Å². The number of hydrogen-bond donors (Lipinski definition) is 1. The third kappa shape index (κ3) is 3.91. The smallest absolute Gasteiger partial charge is 0.341 e. The van der Waals surface area contributed by atoms with Crippen molar-refractivity contribution in [1.82, 2.24) is 20.2 Å². The lowest BCUT2D eigenvalue weighted by Crippen LogP contribution is -2.91. The molecule has 0 aliphatic carbocycles. The van der Waals surface area contributed by atoms with Gasteiger partial charge in [0.2, 0.25) is 6.79 Å². The molecule has 0 unspecified atom stereocenters. The van der Waals surface area contributed by atoms with E-state index >= 15 is 0 Å². The minimum absolute atomic E-state index is 0.0337. The van der Waals surface area contributed by atoms with E-state index in [0.717, 1.165) is 6.54 Å². The maximum atomic E-state index is 6.16. The molecule has 2 N–H and O–H groups in total. The van der Waals surface area contributed by atoms with Gasteiger partial charge in [0.1, 0.15) is 43.2 Å². The molecule has 0 spiro atoms. The second-order valence-corrected chi connectivity index (χ2v) is 8.85. The van der Waals surface area contributed by atoms with Crippen molar-refractivity contribution in [3.63, 3.8) is 0 Å². The van der Waals surface area contributed by atoms with E-state index in [4.69, 9.17) is 23.7 Å². The zero-order chi connectivity index (χ0) is 23.1. The van der Waals surface area contributed by atoms with E-state index < -0.39 is 0 Å². The number of fused-ring (bicyclic) bond motifs is 2. The summed E-state index contributed by atoms with van der Waals surface area (Å²) in [5.74, 6) is 1.89. The molecule has 3 aliphatic heterocycles. The minimum Gasteiger partial charge on any atom is -0.454 e. The summed E-state index contributed by atoms with van der Waals surface area (Å²) in [6.07, 6.45) is -0.173. The average Bonchev–Trinajstić information content (AvgIpc) is 3.63. The lowest BCUT2D eigenvalue weighted by Gasteiger charge is -2.17. The molecule has 3 aromatic rings. The van der Waals surface area contributed by atoms with E-state index in [0.29, 0.717) is 30.5 Å². The van der Waals surface area contributed by atoms with E-state index in [1.165, 1.54) is 11.3 Å². The molecule has 34 heavy (non-hydrogen) atoms. The van der Waals surface area contributed by atoms with Crippen molar-refractivity contribution in [3.8, 4) is 23.3 Å². The number of aromatic nitrogens is 4. The number of quaternary nitrogens is 1. The number of nitrogens with two attached hydrogens (primary N) is 1. The Balaban J connectivity index is 1.10. The third-order valence-electron chi connectivity index (χ3n) is 6.50. The molecule has 2 aromatic carbocycles. The molecule has 0 saturated carbocycles. The molecule has 6 rings (SSSR count). The van der Waals surface area contributed by atoms with Crippen molar-refractivity contribution < 1.29 is 29.0 Å². The number of nitrogens with zero attached hydrogens (tertiary/aromatic N) is 5. The van der Waals surface area contributed by atoms with Crippen LogP contribution >= 0.6 is 0 Å².